The molecule has 0 saturated heterocycles. The van der Waals surface area contributed by atoms with Crippen LogP contribution in [0.1, 0.15) is 56.0 Å². The van der Waals surface area contributed by atoms with Gasteiger partial charge in [0.05, 0.1) is 10.7 Å². The quantitative estimate of drug-likeness (QED) is 0.553. The minimum absolute atomic E-state index is 0.252. The number of hydrogen-bond acceptors (Lipinski definition) is 4. The van der Waals surface area contributed by atoms with Gasteiger partial charge in [-0.3, -0.25) is 9.59 Å². The Morgan fingerprint density at radius 2 is 1.74 bits per heavy atom. The van der Waals surface area contributed by atoms with Crippen molar-refractivity contribution in [2.45, 2.75) is 60.1 Å². The summed E-state index contributed by atoms with van der Waals surface area (Å²) >= 11 is 6.33. The Bertz CT molecular complexity index is 1040. The Morgan fingerprint density at radius 3 is 2.29 bits per heavy atom. The van der Waals surface area contributed by atoms with E-state index in [4.69, 9.17) is 16.3 Å². The normalized spacial score (nSPS) is 12.0. The third-order valence-electron chi connectivity index (χ3n) is 5.19. The van der Waals surface area contributed by atoms with Gasteiger partial charge in [-0.05, 0) is 71.2 Å². The van der Waals surface area contributed by atoms with Crippen molar-refractivity contribution in [1.29, 1.82) is 0 Å². The zero-order valence-corrected chi connectivity index (χ0v) is 21.7. The predicted octanol–water partition coefficient (Wildman–Crippen LogP) is 5.32. The molecule has 2 N–H and O–H groups in total. The number of para-hydroxylation sites is 1. The Hall–Kier alpha value is -3.06. The van der Waals surface area contributed by atoms with E-state index in [1.807, 2.05) is 45.0 Å². The van der Waals surface area contributed by atoms with Crippen molar-refractivity contribution >= 4 is 35.2 Å². The first-order chi connectivity index (χ1) is 15.8. The average molecular weight is 488 g/mol. The molecule has 0 aromatic heterocycles. The van der Waals surface area contributed by atoms with E-state index in [2.05, 4.69) is 10.6 Å². The fourth-order valence-corrected chi connectivity index (χ4v) is 3.90. The van der Waals surface area contributed by atoms with Gasteiger partial charge in [-0.15, -0.1) is 0 Å². The minimum atomic E-state index is -0.922. The largest absolute Gasteiger partial charge is 0.444 e. The van der Waals surface area contributed by atoms with Gasteiger partial charge in [0.2, 0.25) is 5.91 Å². The van der Waals surface area contributed by atoms with Crippen molar-refractivity contribution in [2.24, 2.45) is 0 Å². The van der Waals surface area contributed by atoms with Crippen molar-refractivity contribution in [1.82, 2.24) is 10.2 Å². The van der Waals surface area contributed by atoms with Crippen LogP contribution in [-0.4, -0.2) is 41.5 Å². The number of amides is 3. The first kappa shape index (κ1) is 27.2. The number of carbonyl (C=O) groups is 3. The molecule has 2 aromatic carbocycles. The van der Waals surface area contributed by atoms with E-state index in [-0.39, 0.29) is 13.1 Å². The lowest BCUT2D eigenvalue weighted by atomic mass is 9.96. The molecule has 0 saturated carbocycles. The number of nitrogens with zero attached hydrogens (tertiary/aromatic N) is 1. The van der Waals surface area contributed by atoms with Gasteiger partial charge in [0.1, 0.15) is 18.2 Å². The Balaban J connectivity index is 2.38. The molecule has 0 aliphatic heterocycles. The SMILES string of the molecule is CCN(C(=O)CNC(=O)OC(C)(C)C)C(C(=O)Nc1c(C)cccc1Cl)c1ccc(C)cc1C. The number of alkyl carbamates (subject to hydrolysis) is 1. The number of nitrogens with one attached hydrogen (secondary N) is 2. The van der Waals surface area contributed by atoms with Crippen molar-refractivity contribution in [3.8, 4) is 0 Å². The maximum atomic E-state index is 13.6. The van der Waals surface area contributed by atoms with E-state index in [0.29, 0.717) is 16.3 Å². The molecule has 8 heteroatoms. The highest BCUT2D eigenvalue weighted by Crippen LogP contribution is 2.30. The molecule has 2 rings (SSSR count). The summed E-state index contributed by atoms with van der Waals surface area (Å²) in [5.41, 5.74) is 3.23. The number of benzene rings is 2. The second-order valence-corrected chi connectivity index (χ2v) is 9.63. The van der Waals surface area contributed by atoms with E-state index in [9.17, 15) is 14.4 Å². The van der Waals surface area contributed by atoms with Gasteiger partial charge in [0, 0.05) is 6.54 Å². The van der Waals surface area contributed by atoms with Gasteiger partial charge in [-0.2, -0.15) is 0 Å². The average Bonchev–Trinajstić information content (AvgIpc) is 2.72. The fourth-order valence-electron chi connectivity index (χ4n) is 3.63. The first-order valence-corrected chi connectivity index (χ1v) is 11.6. The van der Waals surface area contributed by atoms with E-state index in [1.54, 1.807) is 39.8 Å². The molecule has 3 amide bonds. The number of ether oxygens (including phenoxy) is 1. The first-order valence-electron chi connectivity index (χ1n) is 11.2. The molecule has 184 valence electrons. The van der Waals surface area contributed by atoms with E-state index < -0.39 is 29.6 Å². The molecule has 7 nitrogen and oxygen atoms in total. The highest BCUT2D eigenvalue weighted by atomic mass is 35.5. The summed E-state index contributed by atoms with van der Waals surface area (Å²) in [6, 6.07) is 10.2. The summed E-state index contributed by atoms with van der Waals surface area (Å²) in [5.74, 6) is -0.806. The van der Waals surface area contributed by atoms with Crippen LogP contribution in [0.2, 0.25) is 5.02 Å². The van der Waals surface area contributed by atoms with Crippen molar-refractivity contribution < 1.29 is 19.1 Å². The number of likely N-dealkylation sites (N-methyl/N-ethyl adjacent to an activating group) is 1. The fraction of sp³-hybridized carbons (Fsp3) is 0.423. The van der Waals surface area contributed by atoms with Crippen LogP contribution in [0.3, 0.4) is 0 Å². The third-order valence-corrected chi connectivity index (χ3v) is 5.51. The van der Waals surface area contributed by atoms with Crippen LogP contribution in [0, 0.1) is 20.8 Å². The highest BCUT2D eigenvalue weighted by molar-refractivity contribution is 6.34. The van der Waals surface area contributed by atoms with Crippen LogP contribution in [0.15, 0.2) is 36.4 Å². The summed E-state index contributed by atoms with van der Waals surface area (Å²) in [6.45, 7) is 12.7. The number of aryl methyl sites for hydroxylation is 3. The molecule has 0 aliphatic rings. The van der Waals surface area contributed by atoms with Crippen molar-refractivity contribution in [3.05, 3.63) is 63.7 Å². The van der Waals surface area contributed by atoms with Crippen LogP contribution >= 0.6 is 11.6 Å². The maximum Gasteiger partial charge on any atom is 0.408 e. The lowest BCUT2D eigenvalue weighted by Crippen LogP contribution is -2.46. The molecule has 0 spiro atoms. The summed E-state index contributed by atoms with van der Waals surface area (Å²) < 4.78 is 5.22. The monoisotopic (exact) mass is 487 g/mol. The smallest absolute Gasteiger partial charge is 0.408 e. The number of anilines is 1. The zero-order chi connectivity index (χ0) is 25.6. The van der Waals surface area contributed by atoms with Crippen LogP contribution in [0.25, 0.3) is 0 Å². The number of hydrogen-bond donors (Lipinski definition) is 2. The molecule has 0 bridgehead atoms. The van der Waals surface area contributed by atoms with Crippen LogP contribution in [0.5, 0.6) is 0 Å². The van der Waals surface area contributed by atoms with Crippen LogP contribution < -0.4 is 10.6 Å². The van der Waals surface area contributed by atoms with E-state index >= 15 is 0 Å². The summed E-state index contributed by atoms with van der Waals surface area (Å²) in [5, 5.41) is 5.80. The molecule has 1 unspecified atom stereocenters. The molecule has 0 aliphatic carbocycles. The minimum Gasteiger partial charge on any atom is -0.444 e. The number of carbonyl (C=O) groups excluding carboxylic acids is 3. The lowest BCUT2D eigenvalue weighted by Gasteiger charge is -2.32. The zero-order valence-electron chi connectivity index (χ0n) is 20.9. The molecule has 0 radical (unpaired) electrons. The Labute approximate surface area is 206 Å². The van der Waals surface area contributed by atoms with E-state index in [1.165, 1.54) is 4.90 Å². The second kappa shape index (κ2) is 11.4. The highest BCUT2D eigenvalue weighted by Gasteiger charge is 2.32. The van der Waals surface area contributed by atoms with Gasteiger partial charge in [0.15, 0.2) is 0 Å². The topological polar surface area (TPSA) is 87.7 Å². The maximum absolute atomic E-state index is 13.6. The third kappa shape index (κ3) is 7.22. The van der Waals surface area contributed by atoms with Gasteiger partial charge >= 0.3 is 6.09 Å². The van der Waals surface area contributed by atoms with Crippen molar-refractivity contribution in [2.75, 3.05) is 18.4 Å². The summed E-state index contributed by atoms with van der Waals surface area (Å²) in [7, 11) is 0. The standard InChI is InChI=1S/C26H34ClN3O4/c1-8-30(21(31)15-28-25(33)34-26(5,6)7)23(19-13-12-16(2)14-18(19)4)24(32)29-22-17(3)10-9-11-20(22)27/h9-14,23H,8,15H2,1-7H3,(H,28,33)(H,29,32). The molecule has 0 fully saturated rings. The molecular formula is C26H34ClN3O4. The van der Waals surface area contributed by atoms with Gasteiger partial charge in [-0.25, -0.2) is 4.79 Å². The molecular weight excluding hydrogens is 454 g/mol. The summed E-state index contributed by atoms with van der Waals surface area (Å²) in [4.78, 5) is 40.3. The molecule has 2 aromatic rings. The Morgan fingerprint density at radius 1 is 1.06 bits per heavy atom. The van der Waals surface area contributed by atoms with Gasteiger partial charge in [-0.1, -0.05) is 47.5 Å². The molecule has 34 heavy (non-hydrogen) atoms. The number of halogens is 1. The van der Waals surface area contributed by atoms with E-state index in [0.717, 1.165) is 16.7 Å². The molecule has 0 heterocycles. The Kier molecular flexibility index (Phi) is 9.10. The number of rotatable bonds is 7. The second-order valence-electron chi connectivity index (χ2n) is 9.22. The van der Waals surface area contributed by atoms with Crippen LogP contribution in [-0.2, 0) is 14.3 Å². The summed E-state index contributed by atoms with van der Waals surface area (Å²) in [6.07, 6.45) is -0.698. The predicted molar refractivity (Wildman–Crippen MR) is 135 cm³/mol. The van der Waals surface area contributed by atoms with Crippen LogP contribution in [0.4, 0.5) is 10.5 Å². The lowest BCUT2D eigenvalue weighted by molar-refractivity contribution is -0.138. The van der Waals surface area contributed by atoms with Gasteiger partial charge < -0.3 is 20.3 Å². The van der Waals surface area contributed by atoms with Crippen molar-refractivity contribution in [3.63, 3.8) is 0 Å². The van der Waals surface area contributed by atoms with Gasteiger partial charge in [0.25, 0.3) is 5.91 Å². The molecule has 1 atom stereocenters.